The highest BCUT2D eigenvalue weighted by molar-refractivity contribution is 6.81. The van der Waals surface area contributed by atoms with Crippen LogP contribution in [0.1, 0.15) is 46.5 Å². The molecule has 0 spiro atoms. The van der Waals surface area contributed by atoms with Crippen LogP contribution in [0.5, 0.6) is 0 Å². The summed E-state index contributed by atoms with van der Waals surface area (Å²) in [6.45, 7) is 19.3. The first-order valence-corrected chi connectivity index (χ1v) is 15.5. The van der Waals surface area contributed by atoms with Crippen molar-refractivity contribution in [2.75, 3.05) is 6.61 Å². The Labute approximate surface area is 145 Å². The van der Waals surface area contributed by atoms with Crippen molar-refractivity contribution in [2.24, 2.45) is 0 Å². The van der Waals surface area contributed by atoms with E-state index in [0.29, 0.717) is 6.42 Å². The number of nitrogens with one attached hydrogen (secondary N) is 1. The first-order chi connectivity index (χ1) is 10.3. The molecule has 0 aromatic carbocycles. The molecule has 1 fully saturated rings. The Morgan fingerprint density at radius 1 is 1.17 bits per heavy atom. The number of carbonyl (C=O) groups is 1. The Bertz CT molecular complexity index is 445. The summed E-state index contributed by atoms with van der Waals surface area (Å²) in [4.78, 5) is 11.8. The van der Waals surface area contributed by atoms with Crippen LogP contribution >= 0.6 is 0 Å². The van der Waals surface area contributed by atoms with Crippen molar-refractivity contribution in [3.63, 3.8) is 0 Å². The summed E-state index contributed by atoms with van der Waals surface area (Å²) < 4.78 is 6.26. The fourth-order valence-corrected chi connectivity index (χ4v) is 5.15. The maximum absolute atomic E-state index is 11.8. The topological polar surface area (TPSA) is 38.3 Å². The average molecular weight is 356 g/mol. The monoisotopic (exact) mass is 355 g/mol. The van der Waals surface area contributed by atoms with E-state index < -0.39 is 16.4 Å². The molecule has 1 heterocycles. The molecule has 0 bridgehead atoms. The van der Waals surface area contributed by atoms with Gasteiger partial charge in [0.05, 0.1) is 8.07 Å². The third kappa shape index (κ3) is 6.93. The summed E-state index contributed by atoms with van der Waals surface area (Å²) in [5.74, 6) is 0.202. The second kappa shape index (κ2) is 7.66. The molecule has 0 unspecified atom stereocenters. The van der Waals surface area contributed by atoms with E-state index in [-0.39, 0.29) is 17.0 Å². The van der Waals surface area contributed by atoms with E-state index in [0.717, 1.165) is 25.9 Å². The van der Waals surface area contributed by atoms with Gasteiger partial charge in [-0.2, -0.15) is 0 Å². The third-order valence-corrected chi connectivity index (χ3v) is 10.7. The van der Waals surface area contributed by atoms with Gasteiger partial charge in [-0.3, -0.25) is 4.79 Å². The second-order valence-corrected chi connectivity index (χ2v) is 19.3. The van der Waals surface area contributed by atoms with E-state index in [4.69, 9.17) is 4.43 Å². The van der Waals surface area contributed by atoms with E-state index in [1.165, 1.54) is 5.57 Å². The summed E-state index contributed by atoms with van der Waals surface area (Å²) in [6.07, 6.45) is 3.59. The Morgan fingerprint density at radius 2 is 1.78 bits per heavy atom. The predicted molar refractivity (Wildman–Crippen MR) is 105 cm³/mol. The quantitative estimate of drug-likeness (QED) is 0.545. The molecule has 1 N–H and O–H groups in total. The first-order valence-electron chi connectivity index (χ1n) is 8.97. The molecule has 0 aliphatic carbocycles. The fourth-order valence-electron chi connectivity index (χ4n) is 2.61. The zero-order valence-corrected chi connectivity index (χ0v) is 18.5. The van der Waals surface area contributed by atoms with Gasteiger partial charge in [0.1, 0.15) is 0 Å². The van der Waals surface area contributed by atoms with E-state index >= 15 is 0 Å². The van der Waals surface area contributed by atoms with Crippen molar-refractivity contribution in [3.05, 3.63) is 11.3 Å². The number of hydrogen-bond acceptors (Lipinski definition) is 2. The number of piperidine rings is 1. The third-order valence-electron chi connectivity index (χ3n) is 4.95. The summed E-state index contributed by atoms with van der Waals surface area (Å²) in [6, 6.07) is 0.228. The molecular formula is C18H37NO2Si2. The van der Waals surface area contributed by atoms with Crippen LogP contribution in [0.25, 0.3) is 0 Å². The minimum atomic E-state index is -1.66. The fraction of sp³-hybridized carbons (Fsp3) is 0.833. The smallest absolute Gasteiger partial charge is 0.220 e. The van der Waals surface area contributed by atoms with Crippen molar-refractivity contribution in [1.82, 2.24) is 5.32 Å². The van der Waals surface area contributed by atoms with Gasteiger partial charge in [-0.05, 0) is 37.4 Å². The molecule has 0 saturated carbocycles. The molecule has 1 amide bonds. The zero-order valence-electron chi connectivity index (χ0n) is 16.5. The summed E-state index contributed by atoms with van der Waals surface area (Å²) in [5.41, 5.74) is 3.93. The molecule has 1 saturated heterocycles. The lowest BCUT2D eigenvalue weighted by molar-refractivity contribution is -0.122. The van der Waals surface area contributed by atoms with Crippen LogP contribution < -0.4 is 5.32 Å². The largest absolute Gasteiger partial charge is 0.417 e. The van der Waals surface area contributed by atoms with Gasteiger partial charge in [-0.15, -0.1) is 0 Å². The highest BCUT2D eigenvalue weighted by Crippen LogP contribution is 2.36. The van der Waals surface area contributed by atoms with Crippen LogP contribution in [0, 0.1) is 0 Å². The van der Waals surface area contributed by atoms with Crippen LogP contribution in [-0.4, -0.2) is 34.9 Å². The van der Waals surface area contributed by atoms with Gasteiger partial charge < -0.3 is 9.74 Å². The average Bonchev–Trinajstić information content (AvgIpc) is 2.34. The Morgan fingerprint density at radius 3 is 2.30 bits per heavy atom. The summed E-state index contributed by atoms with van der Waals surface area (Å²) in [5, 5.41) is 3.45. The van der Waals surface area contributed by atoms with Crippen molar-refractivity contribution in [1.29, 1.82) is 0 Å². The first kappa shape index (κ1) is 20.6. The van der Waals surface area contributed by atoms with Crippen molar-refractivity contribution in [2.45, 2.75) is 90.3 Å². The van der Waals surface area contributed by atoms with E-state index in [1.54, 1.807) is 0 Å². The maximum Gasteiger partial charge on any atom is 0.220 e. The summed E-state index contributed by atoms with van der Waals surface area (Å²) in [7, 11) is -2.90. The van der Waals surface area contributed by atoms with E-state index in [1.807, 2.05) is 0 Å². The lowest BCUT2D eigenvalue weighted by Crippen LogP contribution is -2.43. The minimum absolute atomic E-state index is 0.202. The van der Waals surface area contributed by atoms with Gasteiger partial charge in [0.25, 0.3) is 0 Å². The van der Waals surface area contributed by atoms with Crippen LogP contribution in [0.15, 0.2) is 11.3 Å². The molecule has 23 heavy (non-hydrogen) atoms. The van der Waals surface area contributed by atoms with Crippen molar-refractivity contribution >= 4 is 22.3 Å². The zero-order chi connectivity index (χ0) is 17.9. The minimum Gasteiger partial charge on any atom is -0.417 e. The van der Waals surface area contributed by atoms with Gasteiger partial charge in [0, 0.05) is 19.1 Å². The van der Waals surface area contributed by atoms with Crippen LogP contribution in [0.3, 0.4) is 0 Å². The molecule has 0 aromatic heterocycles. The molecule has 1 aliphatic heterocycles. The SMILES string of the molecule is CC(C)(C)[Si](C)(C)OCCC[C@@H]1NC(=O)CC/C1=C/[Si](C)(C)C. The summed E-state index contributed by atoms with van der Waals surface area (Å²) >= 11 is 0. The highest BCUT2D eigenvalue weighted by atomic mass is 28.4. The standard InChI is InChI=1S/C18H37NO2Si2/c1-18(2,3)23(7,8)21-13-9-10-16-15(14-22(4,5)6)11-12-17(20)19-16/h14,16H,9-13H2,1-8H3,(H,19,20)/b15-14-/t16-/m0/s1. The predicted octanol–water partition coefficient (Wildman–Crippen LogP) is 4.87. The Hall–Kier alpha value is -0.396. The van der Waals surface area contributed by atoms with Gasteiger partial charge >= 0.3 is 0 Å². The Balaban J connectivity index is 2.57. The van der Waals surface area contributed by atoms with E-state index in [2.05, 4.69) is 64.5 Å². The van der Waals surface area contributed by atoms with Crippen molar-refractivity contribution in [3.8, 4) is 0 Å². The lowest BCUT2D eigenvalue weighted by Gasteiger charge is -2.36. The van der Waals surface area contributed by atoms with Crippen molar-refractivity contribution < 1.29 is 9.22 Å². The molecule has 1 atom stereocenters. The molecule has 1 rings (SSSR count). The molecule has 0 radical (unpaired) electrons. The molecular weight excluding hydrogens is 318 g/mol. The number of rotatable bonds is 6. The van der Waals surface area contributed by atoms with Gasteiger partial charge in [-0.25, -0.2) is 0 Å². The van der Waals surface area contributed by atoms with Crippen LogP contribution in [0.4, 0.5) is 0 Å². The van der Waals surface area contributed by atoms with Crippen LogP contribution in [-0.2, 0) is 9.22 Å². The highest BCUT2D eigenvalue weighted by Gasteiger charge is 2.37. The van der Waals surface area contributed by atoms with Crippen LogP contribution in [0.2, 0.25) is 37.8 Å². The number of carbonyl (C=O) groups excluding carboxylic acids is 1. The molecule has 3 nitrogen and oxygen atoms in total. The van der Waals surface area contributed by atoms with E-state index in [9.17, 15) is 4.79 Å². The molecule has 5 heteroatoms. The normalized spacial score (nSPS) is 22.3. The maximum atomic E-state index is 11.8. The molecule has 0 aromatic rings. The molecule has 134 valence electrons. The Kier molecular flexibility index (Phi) is 6.88. The second-order valence-electron chi connectivity index (χ2n) is 9.46. The van der Waals surface area contributed by atoms with Gasteiger partial charge in [0.15, 0.2) is 8.32 Å². The van der Waals surface area contributed by atoms with Gasteiger partial charge in [-0.1, -0.05) is 51.7 Å². The molecule has 1 aliphatic rings. The lowest BCUT2D eigenvalue weighted by atomic mass is 9.95. The van der Waals surface area contributed by atoms with Gasteiger partial charge in [0.2, 0.25) is 5.91 Å². The number of amides is 1. The number of hydrogen-bond donors (Lipinski definition) is 1.